The predicted molar refractivity (Wildman–Crippen MR) is 40.5 cm³/mol. The third-order valence-corrected chi connectivity index (χ3v) is 2.66. The van der Waals surface area contributed by atoms with E-state index in [4.69, 9.17) is 9.79 Å². The van der Waals surface area contributed by atoms with E-state index in [1.165, 1.54) is 0 Å². The average Bonchev–Trinajstić information content (AvgIpc) is 1.81. The fraction of sp³-hybridized carbons (Fsp3) is 1.00. The Hall–Kier alpha value is 0.460. The number of rotatable bonds is 4. The van der Waals surface area contributed by atoms with Gasteiger partial charge in [0, 0.05) is 17.3 Å². The molecule has 0 aliphatic rings. The molecule has 1 atom stereocenters. The van der Waals surface area contributed by atoms with E-state index in [0.29, 0.717) is 0 Å². The number of phosphoric acid groups is 1. The van der Waals surface area contributed by atoms with Crippen molar-refractivity contribution in [3.63, 3.8) is 0 Å². The Morgan fingerprint density at radius 2 is 2.20 bits per heavy atom. The Kier molecular flexibility index (Phi) is 4.56. The Bertz CT molecular complexity index is 133. The summed E-state index contributed by atoms with van der Waals surface area (Å²) in [4.78, 5) is 16.5. The van der Waals surface area contributed by atoms with Crippen molar-refractivity contribution in [1.29, 1.82) is 0 Å². The van der Waals surface area contributed by atoms with E-state index < -0.39 is 7.82 Å². The van der Waals surface area contributed by atoms with Crippen LogP contribution in [0.3, 0.4) is 0 Å². The van der Waals surface area contributed by atoms with E-state index in [9.17, 15) is 4.57 Å². The predicted octanol–water partition coefficient (Wildman–Crippen LogP) is 1.54. The van der Waals surface area contributed by atoms with E-state index in [0.717, 1.165) is 18.5 Å². The summed E-state index contributed by atoms with van der Waals surface area (Å²) < 4.78 is 14.3. The van der Waals surface area contributed by atoms with E-state index in [-0.39, 0.29) is 5.25 Å². The van der Waals surface area contributed by atoms with Gasteiger partial charge in [0.05, 0.1) is 0 Å². The second-order valence-electron chi connectivity index (χ2n) is 1.88. The van der Waals surface area contributed by atoms with Crippen LogP contribution in [0.4, 0.5) is 0 Å². The van der Waals surface area contributed by atoms with E-state index in [2.05, 4.69) is 3.97 Å². The zero-order valence-corrected chi connectivity index (χ0v) is 7.56. The zero-order chi connectivity index (χ0) is 8.20. The monoisotopic (exact) mass is 186 g/mol. The average molecular weight is 186 g/mol. The fourth-order valence-electron chi connectivity index (χ4n) is 0.198. The highest BCUT2D eigenvalue weighted by molar-refractivity contribution is 7.98. The second-order valence-corrected chi connectivity index (χ2v) is 4.45. The highest BCUT2D eigenvalue weighted by Gasteiger charge is 2.16. The van der Waals surface area contributed by atoms with Crippen molar-refractivity contribution in [3.8, 4) is 0 Å². The number of hydrogen-bond donors (Lipinski definition) is 2. The molecule has 4 nitrogen and oxygen atoms in total. The quantitative estimate of drug-likeness (QED) is 0.515. The molecule has 0 spiro atoms. The molecular formula is C4H11O4PS. The molecule has 0 radical (unpaired) electrons. The standard InChI is InChI=1S/C4H11O4PS/c1-3-4(2)10-8-9(5,6)7/h4H,3H2,1-2H3,(H2,5,6,7). The summed E-state index contributed by atoms with van der Waals surface area (Å²) in [5, 5.41) is 0.118. The summed E-state index contributed by atoms with van der Waals surface area (Å²) in [6, 6.07) is 0. The highest BCUT2D eigenvalue weighted by atomic mass is 32.2. The van der Waals surface area contributed by atoms with E-state index in [1.807, 2.05) is 13.8 Å². The molecule has 0 aromatic heterocycles. The van der Waals surface area contributed by atoms with Crippen LogP contribution < -0.4 is 0 Å². The third-order valence-electron chi connectivity index (χ3n) is 0.879. The molecule has 10 heavy (non-hydrogen) atoms. The van der Waals surface area contributed by atoms with Gasteiger partial charge < -0.3 is 9.79 Å². The summed E-state index contributed by atoms with van der Waals surface area (Å²) in [6.45, 7) is 3.75. The maximum atomic E-state index is 10.1. The second kappa shape index (κ2) is 4.36. The molecule has 0 fully saturated rings. The van der Waals surface area contributed by atoms with Crippen molar-refractivity contribution in [2.45, 2.75) is 25.5 Å². The Labute approximate surface area is 64.4 Å². The zero-order valence-electron chi connectivity index (χ0n) is 5.85. The van der Waals surface area contributed by atoms with Crippen LogP contribution in [-0.2, 0) is 8.54 Å². The lowest BCUT2D eigenvalue weighted by Gasteiger charge is -2.07. The maximum absolute atomic E-state index is 10.1. The van der Waals surface area contributed by atoms with Gasteiger partial charge in [0.1, 0.15) is 0 Å². The van der Waals surface area contributed by atoms with Crippen LogP contribution in [0.1, 0.15) is 20.3 Å². The smallest absolute Gasteiger partial charge is 0.302 e. The third kappa shape index (κ3) is 6.58. The van der Waals surface area contributed by atoms with Gasteiger partial charge >= 0.3 is 7.82 Å². The molecule has 62 valence electrons. The molecule has 0 amide bonds. The van der Waals surface area contributed by atoms with Gasteiger partial charge in [0.25, 0.3) is 0 Å². The Morgan fingerprint density at radius 3 is 2.50 bits per heavy atom. The van der Waals surface area contributed by atoms with Gasteiger partial charge in [-0.3, -0.25) is 0 Å². The topological polar surface area (TPSA) is 66.8 Å². The largest absolute Gasteiger partial charge is 0.480 e. The Balaban J connectivity index is 3.46. The van der Waals surface area contributed by atoms with E-state index >= 15 is 0 Å². The van der Waals surface area contributed by atoms with Crippen LogP contribution in [0.25, 0.3) is 0 Å². The molecule has 0 bridgehead atoms. The minimum Gasteiger partial charge on any atom is -0.302 e. The van der Waals surface area contributed by atoms with Crippen molar-refractivity contribution in [2.75, 3.05) is 0 Å². The van der Waals surface area contributed by atoms with Gasteiger partial charge in [-0.2, -0.15) is 0 Å². The first-order valence-corrected chi connectivity index (χ1v) is 5.20. The molecule has 1 unspecified atom stereocenters. The molecule has 0 rings (SSSR count). The van der Waals surface area contributed by atoms with Crippen molar-refractivity contribution in [1.82, 2.24) is 0 Å². The first-order valence-electron chi connectivity index (χ1n) is 2.86. The fourth-order valence-corrected chi connectivity index (χ4v) is 1.37. The minimum atomic E-state index is -4.27. The van der Waals surface area contributed by atoms with Gasteiger partial charge in [-0.05, 0) is 6.42 Å². The van der Waals surface area contributed by atoms with Gasteiger partial charge in [-0.25, -0.2) is 8.54 Å². The first kappa shape index (κ1) is 10.5. The molecule has 0 aliphatic carbocycles. The van der Waals surface area contributed by atoms with Crippen LogP contribution in [0.5, 0.6) is 0 Å². The van der Waals surface area contributed by atoms with E-state index in [1.54, 1.807) is 0 Å². The summed E-state index contributed by atoms with van der Waals surface area (Å²) in [5.74, 6) is 0. The van der Waals surface area contributed by atoms with Crippen LogP contribution in [0.2, 0.25) is 0 Å². The normalized spacial score (nSPS) is 15.2. The molecule has 0 saturated heterocycles. The van der Waals surface area contributed by atoms with Crippen molar-refractivity contribution in [3.05, 3.63) is 0 Å². The van der Waals surface area contributed by atoms with Gasteiger partial charge in [0.2, 0.25) is 0 Å². The molecule has 2 N–H and O–H groups in total. The van der Waals surface area contributed by atoms with Crippen LogP contribution in [0, 0.1) is 0 Å². The molecule has 0 heterocycles. The molecular weight excluding hydrogens is 175 g/mol. The van der Waals surface area contributed by atoms with Gasteiger partial charge in [-0.15, -0.1) is 0 Å². The first-order chi connectivity index (χ1) is 4.45. The summed E-state index contributed by atoms with van der Waals surface area (Å²) >= 11 is 0.820. The lowest BCUT2D eigenvalue weighted by atomic mass is 10.4. The molecule has 0 aromatic carbocycles. The van der Waals surface area contributed by atoms with Crippen molar-refractivity contribution >= 4 is 19.9 Å². The molecule has 0 aliphatic heterocycles. The lowest BCUT2D eigenvalue weighted by Crippen LogP contribution is -1.92. The summed E-state index contributed by atoms with van der Waals surface area (Å²) in [6.07, 6.45) is 0.824. The molecule has 6 heteroatoms. The maximum Gasteiger partial charge on any atom is 0.480 e. The summed E-state index contributed by atoms with van der Waals surface area (Å²) in [7, 11) is -4.27. The van der Waals surface area contributed by atoms with Gasteiger partial charge in [0.15, 0.2) is 0 Å². The SMILES string of the molecule is CCC(C)SOP(=O)(O)O. The molecule has 0 saturated carbocycles. The van der Waals surface area contributed by atoms with Crippen LogP contribution in [-0.4, -0.2) is 15.0 Å². The Morgan fingerprint density at radius 1 is 1.70 bits per heavy atom. The minimum absolute atomic E-state index is 0.118. The molecule has 0 aromatic rings. The highest BCUT2D eigenvalue weighted by Crippen LogP contribution is 2.42. The van der Waals surface area contributed by atoms with Crippen LogP contribution >= 0.6 is 19.9 Å². The van der Waals surface area contributed by atoms with Gasteiger partial charge in [-0.1, -0.05) is 13.8 Å². The van der Waals surface area contributed by atoms with Crippen LogP contribution in [0.15, 0.2) is 0 Å². The summed E-state index contributed by atoms with van der Waals surface area (Å²) in [5.41, 5.74) is 0. The van der Waals surface area contributed by atoms with Crippen molar-refractivity contribution in [2.24, 2.45) is 0 Å². The number of hydrogen-bond acceptors (Lipinski definition) is 3. The van der Waals surface area contributed by atoms with Crippen molar-refractivity contribution < 1.29 is 18.3 Å². The lowest BCUT2D eigenvalue weighted by molar-refractivity contribution is 0.298.